The highest BCUT2D eigenvalue weighted by molar-refractivity contribution is 5.92. The Morgan fingerprint density at radius 2 is 1.69 bits per heavy atom. The summed E-state index contributed by atoms with van der Waals surface area (Å²) < 4.78 is 5.45. The number of carbonyl (C=O) groups excluding carboxylic acids is 1. The van der Waals surface area contributed by atoms with Gasteiger partial charge in [0.1, 0.15) is 5.75 Å². The van der Waals surface area contributed by atoms with E-state index in [1.807, 2.05) is 42.2 Å². The fourth-order valence-corrected chi connectivity index (χ4v) is 4.54. The number of carbonyl (C=O) groups is 1. The Morgan fingerprint density at radius 3 is 2.38 bits per heavy atom. The van der Waals surface area contributed by atoms with E-state index in [4.69, 9.17) is 4.74 Å². The number of aryl methyl sites for hydroxylation is 2. The van der Waals surface area contributed by atoms with Gasteiger partial charge in [0, 0.05) is 28.8 Å². The highest BCUT2D eigenvalue weighted by Crippen LogP contribution is 2.39. The normalized spacial score (nSPS) is 15.5. The van der Waals surface area contributed by atoms with Gasteiger partial charge in [-0.05, 0) is 61.7 Å². The van der Waals surface area contributed by atoms with Crippen molar-refractivity contribution in [3.05, 3.63) is 94.7 Å². The first kappa shape index (κ1) is 20.2. The van der Waals surface area contributed by atoms with Crippen molar-refractivity contribution in [2.45, 2.75) is 26.3 Å². The highest BCUT2D eigenvalue weighted by atomic mass is 16.5. The third-order valence-electron chi connectivity index (χ3n) is 6.29. The van der Waals surface area contributed by atoms with Gasteiger partial charge < -0.3 is 19.9 Å². The van der Waals surface area contributed by atoms with Gasteiger partial charge in [-0.25, -0.2) is 4.79 Å². The molecule has 2 N–H and O–H groups in total. The number of hydrogen-bond donors (Lipinski definition) is 2. The predicted octanol–water partition coefficient (Wildman–Crippen LogP) is 5.97. The maximum atomic E-state index is 13.4. The molecule has 32 heavy (non-hydrogen) atoms. The number of urea groups is 1. The fourth-order valence-electron chi connectivity index (χ4n) is 4.54. The van der Waals surface area contributed by atoms with Crippen LogP contribution in [0.4, 0.5) is 10.5 Å². The summed E-state index contributed by atoms with van der Waals surface area (Å²) in [6.45, 7) is 4.75. The first-order valence-corrected chi connectivity index (χ1v) is 10.9. The van der Waals surface area contributed by atoms with Gasteiger partial charge in [0.2, 0.25) is 0 Å². The minimum Gasteiger partial charge on any atom is -0.497 e. The maximum absolute atomic E-state index is 13.4. The van der Waals surface area contributed by atoms with Gasteiger partial charge in [0.15, 0.2) is 0 Å². The van der Waals surface area contributed by atoms with Crippen molar-refractivity contribution in [2.75, 3.05) is 19.0 Å². The van der Waals surface area contributed by atoms with Gasteiger partial charge >= 0.3 is 6.03 Å². The van der Waals surface area contributed by atoms with Crippen LogP contribution in [-0.2, 0) is 6.42 Å². The van der Waals surface area contributed by atoms with E-state index in [1.54, 1.807) is 7.11 Å². The predicted molar refractivity (Wildman–Crippen MR) is 128 cm³/mol. The second kappa shape index (κ2) is 8.08. The summed E-state index contributed by atoms with van der Waals surface area (Å²) in [5, 5.41) is 4.25. The molecule has 0 radical (unpaired) electrons. The number of nitrogens with one attached hydrogen (secondary N) is 2. The monoisotopic (exact) mass is 425 g/mol. The largest absolute Gasteiger partial charge is 0.497 e. The fraction of sp³-hybridized carbons (Fsp3) is 0.222. The van der Waals surface area contributed by atoms with E-state index in [0.29, 0.717) is 6.54 Å². The molecule has 0 saturated carbocycles. The number of fused-ring (bicyclic) bond motifs is 3. The third-order valence-corrected chi connectivity index (χ3v) is 6.29. The minimum absolute atomic E-state index is 0.0960. The number of ether oxygens (including phenoxy) is 1. The summed E-state index contributed by atoms with van der Waals surface area (Å²) in [5.74, 6) is 0.839. The maximum Gasteiger partial charge on any atom is 0.322 e. The van der Waals surface area contributed by atoms with Crippen LogP contribution in [0.5, 0.6) is 5.75 Å². The van der Waals surface area contributed by atoms with E-state index >= 15 is 0 Å². The van der Waals surface area contributed by atoms with Crippen molar-refractivity contribution in [1.29, 1.82) is 0 Å². The van der Waals surface area contributed by atoms with Crippen molar-refractivity contribution < 1.29 is 9.53 Å². The number of H-pyrrole nitrogens is 1. The average Bonchev–Trinajstić information content (AvgIpc) is 3.18. The first-order chi connectivity index (χ1) is 15.5. The highest BCUT2D eigenvalue weighted by Gasteiger charge is 2.34. The molecule has 162 valence electrons. The molecule has 4 aromatic rings. The van der Waals surface area contributed by atoms with Crippen LogP contribution >= 0.6 is 0 Å². The molecule has 0 unspecified atom stereocenters. The summed E-state index contributed by atoms with van der Waals surface area (Å²) in [6.07, 6.45) is 0.784. The first-order valence-electron chi connectivity index (χ1n) is 10.9. The number of amides is 2. The van der Waals surface area contributed by atoms with E-state index in [2.05, 4.69) is 53.6 Å². The lowest BCUT2D eigenvalue weighted by Crippen LogP contribution is -2.43. The standard InChI is InChI=1S/C27H27N3O2/c1-17-4-8-19(9-5-17)26-25-22(23-16-21(32-3)12-13-24(23)29-25)14-15-30(26)27(31)28-20-10-6-18(2)7-11-20/h4-13,16,26,29H,14-15H2,1-3H3,(H,28,31)/t26-/m1/s1. The van der Waals surface area contributed by atoms with E-state index < -0.39 is 0 Å². The van der Waals surface area contributed by atoms with Crippen LogP contribution in [0.3, 0.4) is 0 Å². The number of nitrogens with zero attached hydrogens (tertiary/aromatic N) is 1. The SMILES string of the molecule is COc1ccc2[nH]c3c(c2c1)CCN(C(=O)Nc1ccc(C)cc1)[C@@H]3c1ccc(C)cc1. The Balaban J connectivity index is 1.57. The molecule has 5 rings (SSSR count). The molecular weight excluding hydrogens is 398 g/mol. The van der Waals surface area contributed by atoms with Crippen LogP contribution in [0.15, 0.2) is 66.7 Å². The molecule has 5 heteroatoms. The zero-order valence-electron chi connectivity index (χ0n) is 18.6. The molecule has 1 aliphatic rings. The van der Waals surface area contributed by atoms with Gasteiger partial charge in [0.25, 0.3) is 0 Å². The molecule has 0 fully saturated rings. The molecule has 1 aromatic heterocycles. The number of benzene rings is 3. The number of methoxy groups -OCH3 is 1. The Hall–Kier alpha value is -3.73. The Bertz CT molecular complexity index is 1270. The van der Waals surface area contributed by atoms with Gasteiger partial charge in [-0.2, -0.15) is 0 Å². The molecule has 5 nitrogen and oxygen atoms in total. The summed E-state index contributed by atoms with van der Waals surface area (Å²) in [5.41, 5.74) is 7.64. The minimum atomic E-state index is -0.191. The molecule has 1 aliphatic heterocycles. The van der Waals surface area contributed by atoms with Crippen LogP contribution in [0.1, 0.15) is 34.0 Å². The molecule has 0 bridgehead atoms. The van der Waals surface area contributed by atoms with Crippen molar-refractivity contribution in [3.8, 4) is 5.75 Å². The van der Waals surface area contributed by atoms with Crippen molar-refractivity contribution >= 4 is 22.6 Å². The number of aromatic amines is 1. The molecule has 0 saturated heterocycles. The zero-order valence-corrected chi connectivity index (χ0v) is 18.6. The molecule has 1 atom stereocenters. The van der Waals surface area contributed by atoms with Crippen LogP contribution in [0, 0.1) is 13.8 Å². The lowest BCUT2D eigenvalue weighted by atomic mass is 9.92. The molecule has 0 spiro atoms. The van der Waals surface area contributed by atoms with Crippen LogP contribution in [0.25, 0.3) is 10.9 Å². The molecule has 2 heterocycles. The van der Waals surface area contributed by atoms with Crippen molar-refractivity contribution in [2.24, 2.45) is 0 Å². The Labute approximate surface area is 188 Å². The molecular formula is C27H27N3O2. The van der Waals surface area contributed by atoms with E-state index in [9.17, 15) is 4.79 Å². The topological polar surface area (TPSA) is 57.4 Å². The van der Waals surface area contributed by atoms with Crippen LogP contribution in [0.2, 0.25) is 0 Å². The molecule has 2 amide bonds. The second-order valence-electron chi connectivity index (χ2n) is 8.48. The summed E-state index contributed by atoms with van der Waals surface area (Å²) >= 11 is 0. The lowest BCUT2D eigenvalue weighted by Gasteiger charge is -2.36. The number of aromatic nitrogens is 1. The average molecular weight is 426 g/mol. The number of rotatable bonds is 3. The number of anilines is 1. The molecule has 0 aliphatic carbocycles. The summed E-state index contributed by atoms with van der Waals surface area (Å²) in [6, 6.07) is 22.2. The summed E-state index contributed by atoms with van der Waals surface area (Å²) in [4.78, 5) is 18.9. The van der Waals surface area contributed by atoms with E-state index in [0.717, 1.165) is 45.6 Å². The molecule has 3 aromatic carbocycles. The number of hydrogen-bond acceptors (Lipinski definition) is 2. The second-order valence-corrected chi connectivity index (χ2v) is 8.48. The third kappa shape index (κ3) is 3.60. The van der Waals surface area contributed by atoms with Crippen LogP contribution < -0.4 is 10.1 Å². The summed E-state index contributed by atoms with van der Waals surface area (Å²) in [7, 11) is 1.69. The van der Waals surface area contributed by atoms with Gasteiger partial charge in [-0.3, -0.25) is 0 Å². The Kier molecular flexibility index (Phi) is 5.10. The van der Waals surface area contributed by atoms with E-state index in [-0.39, 0.29) is 12.1 Å². The van der Waals surface area contributed by atoms with Crippen molar-refractivity contribution in [3.63, 3.8) is 0 Å². The quantitative estimate of drug-likeness (QED) is 0.425. The smallest absolute Gasteiger partial charge is 0.322 e. The zero-order chi connectivity index (χ0) is 22.2. The van der Waals surface area contributed by atoms with Gasteiger partial charge in [0.05, 0.1) is 13.2 Å². The van der Waals surface area contributed by atoms with E-state index in [1.165, 1.54) is 11.1 Å². The van der Waals surface area contributed by atoms with Crippen molar-refractivity contribution in [1.82, 2.24) is 9.88 Å². The Morgan fingerprint density at radius 1 is 1.00 bits per heavy atom. The lowest BCUT2D eigenvalue weighted by molar-refractivity contribution is 0.193. The van der Waals surface area contributed by atoms with Crippen LogP contribution in [-0.4, -0.2) is 29.6 Å². The van der Waals surface area contributed by atoms with Gasteiger partial charge in [-0.15, -0.1) is 0 Å². The van der Waals surface area contributed by atoms with Gasteiger partial charge in [-0.1, -0.05) is 47.5 Å².